The highest BCUT2D eigenvalue weighted by molar-refractivity contribution is 6.35. The zero-order chi connectivity index (χ0) is 18.5. The maximum Gasteiger partial charge on any atom is 0.266 e. The Balaban J connectivity index is 1.80. The van der Waals surface area contributed by atoms with E-state index < -0.39 is 0 Å². The molecule has 0 bridgehead atoms. The van der Waals surface area contributed by atoms with E-state index in [1.54, 1.807) is 24.3 Å². The highest BCUT2D eigenvalue weighted by atomic mass is 16.2. The van der Waals surface area contributed by atoms with Crippen LogP contribution in [-0.2, 0) is 25.7 Å². The van der Waals surface area contributed by atoms with Gasteiger partial charge in [-0.05, 0) is 85.8 Å². The maximum atomic E-state index is 13.1. The normalized spacial score (nSPS) is 18.0. The molecule has 4 nitrogen and oxygen atoms in total. The van der Waals surface area contributed by atoms with Crippen molar-refractivity contribution in [1.82, 2.24) is 0 Å². The van der Waals surface area contributed by atoms with Gasteiger partial charge in [0.1, 0.15) is 6.07 Å². The van der Waals surface area contributed by atoms with Crippen LogP contribution in [0.1, 0.15) is 74.2 Å². The number of imide groups is 1. The molecule has 2 aliphatic carbocycles. The van der Waals surface area contributed by atoms with Crippen LogP contribution in [0.2, 0.25) is 0 Å². The van der Waals surface area contributed by atoms with Crippen LogP contribution in [0.4, 0.5) is 5.69 Å². The predicted octanol–water partition coefficient (Wildman–Crippen LogP) is 4.12. The van der Waals surface area contributed by atoms with E-state index in [0.29, 0.717) is 22.4 Å². The molecular weight excluding hydrogens is 336 g/mol. The van der Waals surface area contributed by atoms with Crippen LogP contribution in [0.25, 0.3) is 0 Å². The molecule has 0 saturated heterocycles. The quantitative estimate of drug-likeness (QED) is 0.722. The van der Waals surface area contributed by atoms with Crippen LogP contribution in [0.5, 0.6) is 0 Å². The Bertz CT molecular complexity index is 1010. The number of anilines is 1. The van der Waals surface area contributed by atoms with Crippen LogP contribution in [-0.4, -0.2) is 11.8 Å². The van der Waals surface area contributed by atoms with E-state index in [4.69, 9.17) is 0 Å². The fourth-order valence-electron chi connectivity index (χ4n) is 5.07. The van der Waals surface area contributed by atoms with Crippen molar-refractivity contribution >= 4 is 17.5 Å². The molecule has 2 aromatic rings. The van der Waals surface area contributed by atoms with Gasteiger partial charge in [-0.2, -0.15) is 5.26 Å². The van der Waals surface area contributed by atoms with E-state index in [1.165, 1.54) is 16.0 Å². The molecule has 0 aromatic heterocycles. The third kappa shape index (κ3) is 2.21. The van der Waals surface area contributed by atoms with Crippen molar-refractivity contribution in [2.24, 2.45) is 0 Å². The fraction of sp³-hybridized carbons (Fsp3) is 0.348. The van der Waals surface area contributed by atoms with Gasteiger partial charge in [0.05, 0.1) is 22.4 Å². The number of fused-ring (bicyclic) bond motifs is 4. The second-order valence-corrected chi connectivity index (χ2v) is 7.66. The number of carbonyl (C=O) groups excluding carboxylic acids is 2. The first-order valence-electron chi connectivity index (χ1n) is 9.79. The van der Waals surface area contributed by atoms with Crippen molar-refractivity contribution in [3.8, 4) is 6.07 Å². The summed E-state index contributed by atoms with van der Waals surface area (Å²) < 4.78 is 0. The molecule has 0 saturated carbocycles. The minimum atomic E-state index is -0.296. The number of hydrogen-bond donors (Lipinski definition) is 0. The zero-order valence-electron chi connectivity index (χ0n) is 15.2. The van der Waals surface area contributed by atoms with Gasteiger partial charge in [0, 0.05) is 0 Å². The Morgan fingerprint density at radius 3 is 1.78 bits per heavy atom. The lowest BCUT2D eigenvalue weighted by Gasteiger charge is -2.31. The monoisotopic (exact) mass is 356 g/mol. The lowest BCUT2D eigenvalue weighted by atomic mass is 9.77. The minimum Gasteiger partial charge on any atom is -0.268 e. The zero-order valence-corrected chi connectivity index (χ0v) is 15.2. The largest absolute Gasteiger partial charge is 0.268 e. The summed E-state index contributed by atoms with van der Waals surface area (Å²) in [5, 5.41) is 10.0. The Hall–Kier alpha value is -2.93. The molecule has 5 rings (SSSR count). The summed E-state index contributed by atoms with van der Waals surface area (Å²) in [6.45, 7) is 0. The first kappa shape index (κ1) is 16.3. The van der Waals surface area contributed by atoms with E-state index in [9.17, 15) is 14.9 Å². The second-order valence-electron chi connectivity index (χ2n) is 7.66. The van der Waals surface area contributed by atoms with Crippen molar-refractivity contribution in [3.05, 3.63) is 63.2 Å². The second kappa shape index (κ2) is 6.06. The van der Waals surface area contributed by atoms with Gasteiger partial charge in [0.15, 0.2) is 0 Å². The van der Waals surface area contributed by atoms with E-state index in [2.05, 4.69) is 6.07 Å². The standard InChI is InChI=1S/C23H20N2O2/c24-13-20-16-9-2-1-7-14(16)15-8-3-4-10-17(15)21(20)25-22(26)18-11-5-6-12-19(18)23(25)27/h5-6,11-12H,1-4,7-10H2. The summed E-state index contributed by atoms with van der Waals surface area (Å²) >= 11 is 0. The van der Waals surface area contributed by atoms with E-state index in [-0.39, 0.29) is 11.8 Å². The summed E-state index contributed by atoms with van der Waals surface area (Å²) in [4.78, 5) is 27.5. The van der Waals surface area contributed by atoms with Gasteiger partial charge in [0.2, 0.25) is 0 Å². The minimum absolute atomic E-state index is 0.296. The lowest BCUT2D eigenvalue weighted by Crippen LogP contribution is -2.33. The topological polar surface area (TPSA) is 61.2 Å². The lowest BCUT2D eigenvalue weighted by molar-refractivity contribution is 0.0925. The number of nitrogens with zero attached hydrogens (tertiary/aromatic N) is 2. The molecule has 0 atom stereocenters. The smallest absolute Gasteiger partial charge is 0.266 e. The average molecular weight is 356 g/mol. The van der Waals surface area contributed by atoms with Gasteiger partial charge < -0.3 is 0 Å². The first-order valence-corrected chi connectivity index (χ1v) is 9.79. The molecule has 2 amide bonds. The van der Waals surface area contributed by atoms with Gasteiger partial charge in [-0.3, -0.25) is 9.59 Å². The molecule has 4 heteroatoms. The Kier molecular flexibility index (Phi) is 3.65. The summed E-state index contributed by atoms with van der Waals surface area (Å²) in [6, 6.07) is 9.33. The van der Waals surface area contributed by atoms with Crippen LogP contribution < -0.4 is 4.90 Å². The van der Waals surface area contributed by atoms with Crippen LogP contribution in [0, 0.1) is 11.3 Å². The average Bonchev–Trinajstić information content (AvgIpc) is 2.97. The van der Waals surface area contributed by atoms with E-state index >= 15 is 0 Å². The van der Waals surface area contributed by atoms with Gasteiger partial charge >= 0.3 is 0 Å². The first-order chi connectivity index (χ1) is 13.2. The van der Waals surface area contributed by atoms with E-state index in [1.807, 2.05) is 0 Å². The summed E-state index contributed by atoms with van der Waals surface area (Å²) in [6.07, 6.45) is 8.06. The molecule has 0 spiro atoms. The summed E-state index contributed by atoms with van der Waals surface area (Å²) in [5.41, 5.74) is 6.79. The number of carbonyl (C=O) groups is 2. The third-order valence-electron chi connectivity index (χ3n) is 6.25. The van der Waals surface area contributed by atoms with Gasteiger partial charge in [-0.1, -0.05) is 12.1 Å². The van der Waals surface area contributed by atoms with Crippen molar-refractivity contribution < 1.29 is 9.59 Å². The van der Waals surface area contributed by atoms with Gasteiger partial charge in [0.25, 0.3) is 11.8 Å². The molecule has 0 N–H and O–H groups in total. The molecule has 134 valence electrons. The Morgan fingerprint density at radius 2 is 1.22 bits per heavy atom. The number of nitriles is 1. The maximum absolute atomic E-state index is 13.1. The van der Waals surface area contributed by atoms with Crippen molar-refractivity contribution in [1.29, 1.82) is 5.26 Å². The molecule has 3 aliphatic rings. The highest BCUT2D eigenvalue weighted by Crippen LogP contribution is 2.43. The van der Waals surface area contributed by atoms with Gasteiger partial charge in [-0.25, -0.2) is 4.90 Å². The van der Waals surface area contributed by atoms with Crippen molar-refractivity contribution in [3.63, 3.8) is 0 Å². The Labute approximate surface area is 158 Å². The van der Waals surface area contributed by atoms with Crippen LogP contribution in [0.15, 0.2) is 24.3 Å². The predicted molar refractivity (Wildman–Crippen MR) is 102 cm³/mol. The molecule has 0 unspecified atom stereocenters. The Morgan fingerprint density at radius 1 is 0.741 bits per heavy atom. The SMILES string of the molecule is N#Cc1c2c(c3c(c1N1C(=O)c4ccccc4C1=O)CCCC3)CCCC2. The van der Waals surface area contributed by atoms with Crippen LogP contribution in [0.3, 0.4) is 0 Å². The molecule has 27 heavy (non-hydrogen) atoms. The number of benzene rings is 2. The number of amides is 2. The highest BCUT2D eigenvalue weighted by Gasteiger charge is 2.40. The van der Waals surface area contributed by atoms with Crippen molar-refractivity contribution in [2.45, 2.75) is 51.4 Å². The third-order valence-corrected chi connectivity index (χ3v) is 6.25. The number of rotatable bonds is 1. The van der Waals surface area contributed by atoms with E-state index in [0.717, 1.165) is 62.5 Å². The number of hydrogen-bond acceptors (Lipinski definition) is 3. The van der Waals surface area contributed by atoms with Crippen molar-refractivity contribution in [2.75, 3.05) is 4.90 Å². The molecule has 1 heterocycles. The molecule has 1 aliphatic heterocycles. The van der Waals surface area contributed by atoms with Crippen LogP contribution >= 0.6 is 0 Å². The molecular formula is C23H20N2O2. The molecule has 0 radical (unpaired) electrons. The van der Waals surface area contributed by atoms with Gasteiger partial charge in [-0.15, -0.1) is 0 Å². The summed E-state index contributed by atoms with van der Waals surface area (Å²) in [7, 11) is 0. The summed E-state index contributed by atoms with van der Waals surface area (Å²) in [5.74, 6) is -0.591. The molecule has 0 fully saturated rings. The molecule has 2 aromatic carbocycles. The fourth-order valence-corrected chi connectivity index (χ4v) is 5.07.